The number of nitrogens with zero attached hydrogens (tertiary/aromatic N) is 3. The number of hydrogen-bond donors (Lipinski definition) is 2. The van der Waals surface area contributed by atoms with Gasteiger partial charge in [-0.3, -0.25) is 10.0 Å². The highest BCUT2D eigenvalue weighted by Crippen LogP contribution is 2.32. The first-order valence-corrected chi connectivity index (χ1v) is 4.94. The number of nitrogens with one attached hydrogen (secondary N) is 1. The Balaban J connectivity index is 1.75. The first-order chi connectivity index (χ1) is 7.79. The third kappa shape index (κ3) is 1.25. The molecule has 1 unspecified atom stereocenters. The maximum absolute atomic E-state index is 11.0. The Hall–Kier alpha value is -1.73. The van der Waals surface area contributed by atoms with Crippen LogP contribution in [0.25, 0.3) is 0 Å². The zero-order valence-corrected chi connectivity index (χ0v) is 8.33. The molecule has 0 saturated carbocycles. The van der Waals surface area contributed by atoms with Gasteiger partial charge in [0.25, 0.3) is 5.91 Å². The predicted molar refractivity (Wildman–Crippen MR) is 52.2 cm³/mol. The van der Waals surface area contributed by atoms with Gasteiger partial charge < -0.3 is 9.64 Å². The van der Waals surface area contributed by atoms with E-state index in [2.05, 4.69) is 9.97 Å². The Morgan fingerprint density at radius 2 is 2.31 bits per heavy atom. The van der Waals surface area contributed by atoms with Crippen molar-refractivity contribution in [3.8, 4) is 0 Å². The number of morpholine rings is 1. The topological polar surface area (TPSA) is 87.6 Å². The van der Waals surface area contributed by atoms with Gasteiger partial charge in [-0.15, -0.1) is 0 Å². The molecule has 84 valence electrons. The van der Waals surface area contributed by atoms with Crippen LogP contribution < -0.4 is 10.4 Å². The average Bonchev–Trinajstić information content (AvgIpc) is 2.32. The molecule has 2 N–H and O–H groups in total. The van der Waals surface area contributed by atoms with Crippen LogP contribution in [-0.4, -0.2) is 46.4 Å². The Kier molecular flexibility index (Phi) is 2.01. The van der Waals surface area contributed by atoms with Gasteiger partial charge in [0.05, 0.1) is 24.3 Å². The minimum absolute atomic E-state index is 0.230. The highest BCUT2D eigenvalue weighted by molar-refractivity contribution is 5.92. The summed E-state index contributed by atoms with van der Waals surface area (Å²) in [5.41, 5.74) is 1.76. The summed E-state index contributed by atoms with van der Waals surface area (Å²) in [4.78, 5) is 21.2. The molecule has 2 atom stereocenters. The highest BCUT2D eigenvalue weighted by Gasteiger charge is 2.48. The average molecular weight is 222 g/mol. The number of rotatable bonds is 2. The predicted octanol–water partition coefficient (Wildman–Crippen LogP) is -0.817. The van der Waals surface area contributed by atoms with Crippen LogP contribution in [0.5, 0.6) is 0 Å². The van der Waals surface area contributed by atoms with Crippen LogP contribution in [0.4, 0.5) is 5.95 Å². The maximum Gasteiger partial charge on any atom is 0.277 e. The van der Waals surface area contributed by atoms with E-state index in [0.717, 1.165) is 6.54 Å². The molecule has 0 bridgehead atoms. The normalized spacial score (nSPS) is 26.4. The summed E-state index contributed by atoms with van der Waals surface area (Å²) in [6.07, 6.45) is 3.10. The number of hydrogen-bond acceptors (Lipinski definition) is 6. The fraction of sp³-hybridized carbons (Fsp3) is 0.444. The SMILES string of the molecule is O=C(NO)c1cnc(N2CC3OC[C@H]32)nc1. The van der Waals surface area contributed by atoms with E-state index < -0.39 is 5.91 Å². The number of hydroxylamine groups is 1. The van der Waals surface area contributed by atoms with Crippen LogP contribution >= 0.6 is 0 Å². The van der Waals surface area contributed by atoms with Gasteiger partial charge in [-0.1, -0.05) is 0 Å². The van der Waals surface area contributed by atoms with Crippen LogP contribution in [0.2, 0.25) is 0 Å². The van der Waals surface area contributed by atoms with E-state index >= 15 is 0 Å². The molecule has 7 nitrogen and oxygen atoms in total. The van der Waals surface area contributed by atoms with Crippen molar-refractivity contribution >= 4 is 11.9 Å². The molecule has 2 aliphatic rings. The van der Waals surface area contributed by atoms with Gasteiger partial charge in [-0.05, 0) is 0 Å². The number of carbonyl (C=O) groups excluding carboxylic acids is 1. The molecule has 7 heteroatoms. The van der Waals surface area contributed by atoms with Crippen molar-refractivity contribution in [3.05, 3.63) is 18.0 Å². The molecule has 3 rings (SSSR count). The molecule has 2 aliphatic heterocycles. The molecule has 1 aromatic heterocycles. The summed E-state index contributed by atoms with van der Waals surface area (Å²) in [5, 5.41) is 8.43. The summed E-state index contributed by atoms with van der Waals surface area (Å²) in [5.74, 6) is -0.0148. The third-order valence-corrected chi connectivity index (χ3v) is 2.95. The summed E-state index contributed by atoms with van der Waals surface area (Å²) in [7, 11) is 0. The van der Waals surface area contributed by atoms with E-state index in [0.29, 0.717) is 24.7 Å². The Morgan fingerprint density at radius 3 is 2.75 bits per heavy atom. The molecule has 0 aliphatic carbocycles. The van der Waals surface area contributed by atoms with Gasteiger partial charge in [0.15, 0.2) is 0 Å². The maximum atomic E-state index is 11.0. The van der Waals surface area contributed by atoms with E-state index in [9.17, 15) is 4.79 Å². The minimum atomic E-state index is -0.611. The summed E-state index contributed by atoms with van der Waals surface area (Å²) in [6, 6.07) is 0.387. The van der Waals surface area contributed by atoms with Crippen molar-refractivity contribution in [2.75, 3.05) is 18.1 Å². The number of amides is 1. The van der Waals surface area contributed by atoms with Crippen LogP contribution in [0, 0.1) is 0 Å². The zero-order chi connectivity index (χ0) is 11.1. The first-order valence-electron chi connectivity index (χ1n) is 4.94. The molecule has 0 aromatic carbocycles. The van der Waals surface area contributed by atoms with Gasteiger partial charge >= 0.3 is 0 Å². The lowest BCUT2D eigenvalue weighted by molar-refractivity contribution is -0.114. The van der Waals surface area contributed by atoms with Gasteiger partial charge in [0.2, 0.25) is 5.95 Å². The Morgan fingerprint density at radius 1 is 1.56 bits per heavy atom. The van der Waals surface area contributed by atoms with E-state index in [1.807, 2.05) is 4.90 Å². The molecule has 0 radical (unpaired) electrons. The lowest BCUT2D eigenvalue weighted by Gasteiger charge is -2.54. The molecular weight excluding hydrogens is 212 g/mol. The van der Waals surface area contributed by atoms with Crippen LogP contribution in [-0.2, 0) is 4.74 Å². The second kappa shape index (κ2) is 3.39. The highest BCUT2D eigenvalue weighted by atomic mass is 16.5. The van der Waals surface area contributed by atoms with Crippen LogP contribution in [0.3, 0.4) is 0 Å². The molecule has 3 heterocycles. The van der Waals surface area contributed by atoms with Crippen LogP contribution in [0.1, 0.15) is 10.4 Å². The van der Waals surface area contributed by atoms with Crippen molar-refractivity contribution in [1.29, 1.82) is 0 Å². The fourth-order valence-corrected chi connectivity index (χ4v) is 1.86. The molecule has 1 aromatic rings. The molecule has 16 heavy (non-hydrogen) atoms. The zero-order valence-electron chi connectivity index (χ0n) is 8.33. The Bertz CT molecular complexity index is 421. The molecule has 2 saturated heterocycles. The standard InChI is InChI=1S/C9H10N4O3/c14-8(12-15)5-1-10-9(11-2-5)13-3-7-6(13)4-16-7/h1-2,6-7,15H,3-4H2,(H,12,14)/t6-,7?/m1/s1. The molecular formula is C9H10N4O3. The number of anilines is 1. The second-order valence-corrected chi connectivity index (χ2v) is 3.80. The number of ether oxygens (including phenoxy) is 1. The number of carbonyl (C=O) groups is 1. The number of aromatic nitrogens is 2. The largest absolute Gasteiger partial charge is 0.372 e. The monoisotopic (exact) mass is 222 g/mol. The van der Waals surface area contributed by atoms with E-state index in [-0.39, 0.29) is 5.56 Å². The quantitative estimate of drug-likeness (QED) is 0.502. The second-order valence-electron chi connectivity index (χ2n) is 3.80. The summed E-state index contributed by atoms with van der Waals surface area (Å²) < 4.78 is 5.27. The molecule has 0 spiro atoms. The first kappa shape index (κ1) is 9.49. The van der Waals surface area contributed by atoms with E-state index in [4.69, 9.17) is 9.94 Å². The van der Waals surface area contributed by atoms with Gasteiger partial charge in [0.1, 0.15) is 0 Å². The van der Waals surface area contributed by atoms with Crippen LogP contribution in [0.15, 0.2) is 12.4 Å². The lowest BCUT2D eigenvalue weighted by Crippen LogP contribution is -2.71. The van der Waals surface area contributed by atoms with Gasteiger partial charge in [-0.25, -0.2) is 15.4 Å². The number of fused-ring (bicyclic) bond motifs is 1. The van der Waals surface area contributed by atoms with E-state index in [1.54, 1.807) is 0 Å². The van der Waals surface area contributed by atoms with Crippen molar-refractivity contribution in [1.82, 2.24) is 15.4 Å². The lowest BCUT2D eigenvalue weighted by atomic mass is 9.95. The van der Waals surface area contributed by atoms with Gasteiger partial charge in [-0.2, -0.15) is 0 Å². The van der Waals surface area contributed by atoms with Crippen molar-refractivity contribution in [2.45, 2.75) is 12.1 Å². The summed E-state index contributed by atoms with van der Waals surface area (Å²) >= 11 is 0. The van der Waals surface area contributed by atoms with Crippen molar-refractivity contribution in [3.63, 3.8) is 0 Å². The minimum Gasteiger partial charge on any atom is -0.372 e. The van der Waals surface area contributed by atoms with Crippen molar-refractivity contribution < 1.29 is 14.7 Å². The Labute approximate surface area is 91.0 Å². The molecule has 1 amide bonds. The fourth-order valence-electron chi connectivity index (χ4n) is 1.86. The smallest absolute Gasteiger partial charge is 0.277 e. The van der Waals surface area contributed by atoms with E-state index in [1.165, 1.54) is 17.9 Å². The summed E-state index contributed by atoms with van der Waals surface area (Å²) in [6.45, 7) is 1.52. The molecule has 2 fully saturated rings. The third-order valence-electron chi connectivity index (χ3n) is 2.95. The van der Waals surface area contributed by atoms with Gasteiger partial charge in [0, 0.05) is 18.9 Å². The van der Waals surface area contributed by atoms with Crippen molar-refractivity contribution in [2.24, 2.45) is 0 Å².